The molecule has 9 heteroatoms. The van der Waals surface area contributed by atoms with Gasteiger partial charge in [-0.3, -0.25) is 9.45 Å². The number of hydrogen-bond acceptors (Lipinski definition) is 6. The number of hydrogen-bond donors (Lipinski definition) is 1. The van der Waals surface area contributed by atoms with Crippen LogP contribution in [0.3, 0.4) is 0 Å². The van der Waals surface area contributed by atoms with Gasteiger partial charge in [0.1, 0.15) is 6.61 Å². The number of ether oxygens (including phenoxy) is 2. The van der Waals surface area contributed by atoms with Gasteiger partial charge in [0.15, 0.2) is 0 Å². The summed E-state index contributed by atoms with van der Waals surface area (Å²) in [6.07, 6.45) is 0. The average Bonchev–Trinajstić information content (AvgIpc) is 3.14. The molecular formula is C22H29N3O5S. The maximum absolute atomic E-state index is 9.56. The summed E-state index contributed by atoms with van der Waals surface area (Å²) in [4.78, 5) is 2.36. The van der Waals surface area contributed by atoms with Gasteiger partial charge in [-0.15, -0.1) is 5.10 Å². The van der Waals surface area contributed by atoms with Crippen LogP contribution in [0.25, 0.3) is 16.5 Å². The summed E-state index contributed by atoms with van der Waals surface area (Å²) < 4.78 is 40.1. The lowest BCUT2D eigenvalue weighted by atomic mass is 10.1. The molecule has 1 aromatic heterocycles. The monoisotopic (exact) mass is 447 g/mol. The van der Waals surface area contributed by atoms with Gasteiger partial charge in [-0.05, 0) is 36.8 Å². The second-order valence-corrected chi connectivity index (χ2v) is 8.98. The Morgan fingerprint density at radius 1 is 1.10 bits per heavy atom. The number of rotatable bonds is 6. The topological polar surface area (TPSA) is 93.9 Å². The lowest BCUT2D eigenvalue weighted by Crippen LogP contribution is -2.38. The van der Waals surface area contributed by atoms with E-state index in [-0.39, 0.29) is 5.75 Å². The first kappa shape index (κ1) is 23.2. The Labute approximate surface area is 183 Å². The lowest BCUT2D eigenvalue weighted by Gasteiger charge is -2.26. The fourth-order valence-electron chi connectivity index (χ4n) is 3.19. The summed E-state index contributed by atoms with van der Waals surface area (Å²) >= 11 is 0. The SMILES string of the molecule is CCS(=O)(=O)O.Cc1cc(OCCN2CCOCC2)nn1-c1ccc2ccccc2c1. The highest BCUT2D eigenvalue weighted by Gasteiger charge is 2.11. The maximum Gasteiger partial charge on any atom is 0.264 e. The molecule has 2 heterocycles. The van der Waals surface area contributed by atoms with Crippen molar-refractivity contribution >= 4 is 20.9 Å². The predicted octanol–water partition coefficient (Wildman–Crippen LogP) is 2.94. The van der Waals surface area contributed by atoms with Crippen molar-refractivity contribution in [2.24, 2.45) is 0 Å². The Bertz CT molecular complexity index is 1090. The number of morpholine rings is 1. The van der Waals surface area contributed by atoms with Crippen molar-refractivity contribution in [1.82, 2.24) is 14.7 Å². The van der Waals surface area contributed by atoms with Crippen molar-refractivity contribution in [3.8, 4) is 11.6 Å². The van der Waals surface area contributed by atoms with Gasteiger partial charge in [-0.2, -0.15) is 8.42 Å². The van der Waals surface area contributed by atoms with Crippen molar-refractivity contribution < 1.29 is 22.4 Å². The van der Waals surface area contributed by atoms with Gasteiger partial charge >= 0.3 is 0 Å². The van der Waals surface area contributed by atoms with E-state index in [0.717, 1.165) is 44.2 Å². The van der Waals surface area contributed by atoms with E-state index >= 15 is 0 Å². The minimum Gasteiger partial charge on any atom is -0.475 e. The summed E-state index contributed by atoms with van der Waals surface area (Å²) in [6, 6.07) is 16.7. The molecule has 2 aromatic carbocycles. The van der Waals surface area contributed by atoms with Crippen LogP contribution in [0.15, 0.2) is 48.5 Å². The first-order chi connectivity index (χ1) is 14.9. The van der Waals surface area contributed by atoms with E-state index in [1.54, 1.807) is 0 Å². The fraction of sp³-hybridized carbons (Fsp3) is 0.409. The van der Waals surface area contributed by atoms with Crippen LogP contribution in [-0.2, 0) is 14.9 Å². The standard InChI is InChI=1S/C20H23N3O2.C2H6O3S/c1-16-14-20(25-13-10-22-8-11-24-12-9-22)21-23(16)19-7-6-17-4-2-3-5-18(17)15-19;1-2-6(3,4)5/h2-7,14-15H,8-13H2,1H3;2H2,1H3,(H,3,4,5). The second-order valence-electron chi connectivity index (χ2n) is 7.24. The molecule has 0 saturated carbocycles. The largest absolute Gasteiger partial charge is 0.475 e. The number of fused-ring (bicyclic) bond motifs is 1. The van der Waals surface area contributed by atoms with Crippen molar-refractivity contribution in [2.75, 3.05) is 45.2 Å². The van der Waals surface area contributed by atoms with Gasteiger partial charge in [0.2, 0.25) is 5.88 Å². The van der Waals surface area contributed by atoms with Crippen molar-refractivity contribution in [1.29, 1.82) is 0 Å². The van der Waals surface area contributed by atoms with Gasteiger partial charge in [-0.1, -0.05) is 30.3 Å². The van der Waals surface area contributed by atoms with Crippen LogP contribution in [0.1, 0.15) is 12.6 Å². The molecule has 8 nitrogen and oxygen atoms in total. The highest BCUT2D eigenvalue weighted by Crippen LogP contribution is 2.21. The minimum atomic E-state index is -3.66. The number of aryl methyl sites for hydroxylation is 1. The molecule has 1 N–H and O–H groups in total. The zero-order valence-electron chi connectivity index (χ0n) is 17.9. The molecule has 0 spiro atoms. The molecule has 0 atom stereocenters. The van der Waals surface area contributed by atoms with E-state index in [1.807, 2.05) is 10.7 Å². The third-order valence-corrected chi connectivity index (χ3v) is 5.70. The molecule has 0 aliphatic carbocycles. The highest BCUT2D eigenvalue weighted by molar-refractivity contribution is 7.85. The molecule has 31 heavy (non-hydrogen) atoms. The first-order valence-electron chi connectivity index (χ1n) is 10.3. The Hall–Kier alpha value is -2.46. The predicted molar refractivity (Wildman–Crippen MR) is 121 cm³/mol. The zero-order valence-corrected chi connectivity index (χ0v) is 18.7. The number of benzene rings is 2. The van der Waals surface area contributed by atoms with Crippen LogP contribution < -0.4 is 4.74 Å². The van der Waals surface area contributed by atoms with E-state index in [9.17, 15) is 8.42 Å². The van der Waals surface area contributed by atoms with E-state index < -0.39 is 10.1 Å². The number of aromatic nitrogens is 2. The van der Waals surface area contributed by atoms with Crippen LogP contribution in [0.5, 0.6) is 5.88 Å². The van der Waals surface area contributed by atoms with Gasteiger partial charge in [0.05, 0.1) is 24.7 Å². The van der Waals surface area contributed by atoms with Crippen LogP contribution in [0.2, 0.25) is 0 Å². The Kier molecular flexibility index (Phi) is 8.03. The molecule has 0 amide bonds. The zero-order chi connectivity index (χ0) is 22.3. The molecule has 0 bridgehead atoms. The molecule has 0 radical (unpaired) electrons. The molecular weight excluding hydrogens is 418 g/mol. The first-order valence-corrected chi connectivity index (χ1v) is 11.9. The van der Waals surface area contributed by atoms with Gasteiger partial charge in [-0.25, -0.2) is 4.68 Å². The van der Waals surface area contributed by atoms with Crippen LogP contribution in [-0.4, -0.2) is 72.9 Å². The van der Waals surface area contributed by atoms with E-state index in [4.69, 9.17) is 14.0 Å². The van der Waals surface area contributed by atoms with Crippen molar-refractivity contribution in [3.05, 3.63) is 54.2 Å². The fourth-order valence-corrected chi connectivity index (χ4v) is 3.19. The van der Waals surface area contributed by atoms with Gasteiger partial charge < -0.3 is 9.47 Å². The maximum atomic E-state index is 9.56. The molecule has 168 valence electrons. The Morgan fingerprint density at radius 2 is 1.77 bits per heavy atom. The van der Waals surface area contributed by atoms with E-state index in [0.29, 0.717) is 12.5 Å². The summed E-state index contributed by atoms with van der Waals surface area (Å²) in [5.74, 6) is 0.478. The summed E-state index contributed by atoms with van der Waals surface area (Å²) in [7, 11) is -3.66. The molecule has 0 unspecified atom stereocenters. The Balaban J connectivity index is 0.000000401. The van der Waals surface area contributed by atoms with Crippen LogP contribution in [0.4, 0.5) is 0 Å². The Morgan fingerprint density at radius 3 is 2.45 bits per heavy atom. The smallest absolute Gasteiger partial charge is 0.264 e. The number of nitrogens with zero attached hydrogens (tertiary/aromatic N) is 3. The summed E-state index contributed by atoms with van der Waals surface area (Å²) in [5.41, 5.74) is 2.12. The van der Waals surface area contributed by atoms with Crippen molar-refractivity contribution in [2.45, 2.75) is 13.8 Å². The average molecular weight is 448 g/mol. The third kappa shape index (κ3) is 7.03. The summed E-state index contributed by atoms with van der Waals surface area (Å²) in [5, 5.41) is 7.07. The molecule has 1 aliphatic heterocycles. The summed E-state index contributed by atoms with van der Waals surface area (Å²) in [6.45, 7) is 8.57. The lowest BCUT2D eigenvalue weighted by molar-refractivity contribution is 0.0320. The highest BCUT2D eigenvalue weighted by atomic mass is 32.2. The molecule has 1 fully saturated rings. The second kappa shape index (κ2) is 10.7. The van der Waals surface area contributed by atoms with Gasteiger partial charge in [0.25, 0.3) is 10.1 Å². The van der Waals surface area contributed by atoms with Gasteiger partial charge in [0, 0.05) is 31.4 Å². The van der Waals surface area contributed by atoms with Crippen LogP contribution in [0, 0.1) is 6.92 Å². The molecule has 3 aromatic rings. The van der Waals surface area contributed by atoms with E-state index in [2.05, 4.69) is 59.4 Å². The molecule has 1 saturated heterocycles. The van der Waals surface area contributed by atoms with Crippen molar-refractivity contribution in [3.63, 3.8) is 0 Å². The normalized spacial score (nSPS) is 14.8. The third-order valence-electron chi connectivity index (χ3n) is 4.97. The molecule has 1 aliphatic rings. The molecule has 4 rings (SSSR count). The van der Waals surface area contributed by atoms with E-state index in [1.165, 1.54) is 17.7 Å². The van der Waals surface area contributed by atoms with Crippen LogP contribution >= 0.6 is 0 Å². The minimum absolute atomic E-state index is 0.201. The quantitative estimate of drug-likeness (QED) is 0.581.